The Morgan fingerprint density at radius 1 is 1.16 bits per heavy atom. The van der Waals surface area contributed by atoms with Crippen LogP contribution in [0.3, 0.4) is 0 Å². The first kappa shape index (κ1) is 12.2. The summed E-state index contributed by atoms with van der Waals surface area (Å²) in [6, 6.07) is 11.7. The van der Waals surface area contributed by atoms with Crippen molar-refractivity contribution in [3.8, 4) is 0 Å². The average molecular weight is 255 g/mol. The number of hydrogen-bond acceptors (Lipinski definition) is 1. The topological polar surface area (TPSA) is 12.0 Å². The van der Waals surface area contributed by atoms with Crippen LogP contribution >= 0.6 is 0 Å². The molecule has 0 atom stereocenters. The van der Waals surface area contributed by atoms with Gasteiger partial charge < -0.3 is 5.32 Å². The van der Waals surface area contributed by atoms with Crippen LogP contribution in [0.4, 0.5) is 10.1 Å². The van der Waals surface area contributed by atoms with Crippen molar-refractivity contribution in [2.45, 2.75) is 26.2 Å². The zero-order chi connectivity index (χ0) is 13.2. The monoisotopic (exact) mass is 255 g/mol. The lowest BCUT2D eigenvalue weighted by Gasteiger charge is -2.19. The molecule has 0 unspecified atom stereocenters. The van der Waals surface area contributed by atoms with Crippen molar-refractivity contribution < 1.29 is 4.39 Å². The van der Waals surface area contributed by atoms with Crippen LogP contribution in [0.1, 0.15) is 28.7 Å². The molecule has 1 heterocycles. The SMILES string of the molecule is Cc1cc(F)ccc1Cc1ccc2c(c1)NCCC2. The minimum Gasteiger partial charge on any atom is -0.385 e. The van der Waals surface area contributed by atoms with Gasteiger partial charge in [-0.25, -0.2) is 4.39 Å². The van der Waals surface area contributed by atoms with Crippen LogP contribution in [0.15, 0.2) is 36.4 Å². The maximum Gasteiger partial charge on any atom is 0.123 e. The summed E-state index contributed by atoms with van der Waals surface area (Å²) in [6.45, 7) is 3.03. The van der Waals surface area contributed by atoms with Crippen LogP contribution in [-0.4, -0.2) is 6.54 Å². The molecule has 1 aliphatic heterocycles. The van der Waals surface area contributed by atoms with Crippen molar-refractivity contribution in [1.29, 1.82) is 0 Å². The maximum atomic E-state index is 13.1. The minimum atomic E-state index is -0.159. The first-order valence-corrected chi connectivity index (χ1v) is 6.83. The van der Waals surface area contributed by atoms with Gasteiger partial charge in [0.1, 0.15) is 5.82 Å². The van der Waals surface area contributed by atoms with Crippen molar-refractivity contribution in [2.24, 2.45) is 0 Å². The average Bonchev–Trinajstić information content (AvgIpc) is 2.42. The Balaban J connectivity index is 1.87. The van der Waals surface area contributed by atoms with E-state index >= 15 is 0 Å². The molecule has 19 heavy (non-hydrogen) atoms. The van der Waals surface area contributed by atoms with E-state index in [1.54, 1.807) is 12.1 Å². The molecule has 0 amide bonds. The molecular weight excluding hydrogens is 237 g/mol. The third kappa shape index (κ3) is 2.62. The summed E-state index contributed by atoms with van der Waals surface area (Å²) in [5, 5.41) is 3.45. The molecule has 2 aromatic carbocycles. The maximum absolute atomic E-state index is 13.1. The summed E-state index contributed by atoms with van der Waals surface area (Å²) < 4.78 is 13.1. The second-order valence-corrected chi connectivity index (χ2v) is 5.27. The molecule has 0 saturated carbocycles. The fourth-order valence-electron chi connectivity index (χ4n) is 2.70. The van der Waals surface area contributed by atoms with Gasteiger partial charge in [0.2, 0.25) is 0 Å². The highest BCUT2D eigenvalue weighted by Gasteiger charge is 2.09. The van der Waals surface area contributed by atoms with E-state index in [9.17, 15) is 4.39 Å². The molecule has 0 saturated heterocycles. The fourth-order valence-corrected chi connectivity index (χ4v) is 2.70. The van der Waals surface area contributed by atoms with Crippen molar-refractivity contribution in [3.05, 3.63) is 64.5 Å². The van der Waals surface area contributed by atoms with Gasteiger partial charge >= 0.3 is 0 Å². The van der Waals surface area contributed by atoms with E-state index in [0.717, 1.165) is 24.9 Å². The Morgan fingerprint density at radius 3 is 2.89 bits per heavy atom. The van der Waals surface area contributed by atoms with Gasteiger partial charge in [-0.1, -0.05) is 18.2 Å². The van der Waals surface area contributed by atoms with E-state index in [4.69, 9.17) is 0 Å². The largest absolute Gasteiger partial charge is 0.385 e. The summed E-state index contributed by atoms with van der Waals surface area (Å²) >= 11 is 0. The number of halogens is 1. The molecule has 3 rings (SSSR count). The molecule has 0 spiro atoms. The lowest BCUT2D eigenvalue weighted by molar-refractivity contribution is 0.626. The highest BCUT2D eigenvalue weighted by Crippen LogP contribution is 2.25. The second-order valence-electron chi connectivity index (χ2n) is 5.27. The van der Waals surface area contributed by atoms with Crippen molar-refractivity contribution >= 4 is 5.69 Å². The number of hydrogen-bond donors (Lipinski definition) is 1. The summed E-state index contributed by atoms with van der Waals surface area (Å²) in [4.78, 5) is 0. The number of rotatable bonds is 2. The number of nitrogens with one attached hydrogen (secondary N) is 1. The number of benzene rings is 2. The van der Waals surface area contributed by atoms with Gasteiger partial charge in [-0.15, -0.1) is 0 Å². The van der Waals surface area contributed by atoms with Crippen LogP contribution in [0.25, 0.3) is 0 Å². The molecule has 0 radical (unpaired) electrons. The predicted octanol–water partition coefficient (Wildman–Crippen LogP) is 4.08. The van der Waals surface area contributed by atoms with E-state index in [-0.39, 0.29) is 5.82 Å². The molecule has 0 aliphatic carbocycles. The summed E-state index contributed by atoms with van der Waals surface area (Å²) in [7, 11) is 0. The molecule has 0 fully saturated rings. The van der Waals surface area contributed by atoms with E-state index in [1.165, 1.54) is 28.8 Å². The highest BCUT2D eigenvalue weighted by molar-refractivity contribution is 5.55. The lowest BCUT2D eigenvalue weighted by atomic mass is 9.96. The zero-order valence-corrected chi connectivity index (χ0v) is 11.2. The van der Waals surface area contributed by atoms with E-state index in [0.29, 0.717) is 0 Å². The number of aryl methyl sites for hydroxylation is 2. The van der Waals surface area contributed by atoms with E-state index in [1.807, 2.05) is 13.0 Å². The predicted molar refractivity (Wildman–Crippen MR) is 77.2 cm³/mol. The van der Waals surface area contributed by atoms with Gasteiger partial charge in [0.05, 0.1) is 0 Å². The standard InChI is InChI=1S/C17H18FN/c1-12-9-16(18)7-6-15(12)10-13-4-5-14-3-2-8-19-17(14)11-13/h4-7,9,11,19H,2-3,8,10H2,1H3. The Hall–Kier alpha value is -1.83. The van der Waals surface area contributed by atoms with Crippen LogP contribution in [-0.2, 0) is 12.8 Å². The van der Waals surface area contributed by atoms with Crippen molar-refractivity contribution in [3.63, 3.8) is 0 Å². The second kappa shape index (κ2) is 5.04. The lowest BCUT2D eigenvalue weighted by Crippen LogP contribution is -2.11. The third-order valence-corrected chi connectivity index (χ3v) is 3.81. The quantitative estimate of drug-likeness (QED) is 0.852. The first-order valence-electron chi connectivity index (χ1n) is 6.83. The van der Waals surface area contributed by atoms with Crippen LogP contribution in [0, 0.1) is 12.7 Å². The number of fused-ring (bicyclic) bond motifs is 1. The Labute approximate surface area is 113 Å². The van der Waals surface area contributed by atoms with Crippen LogP contribution in [0.5, 0.6) is 0 Å². The molecule has 1 N–H and O–H groups in total. The summed E-state index contributed by atoms with van der Waals surface area (Å²) in [5.41, 5.74) is 6.17. The van der Waals surface area contributed by atoms with Gasteiger partial charge in [0.25, 0.3) is 0 Å². The fraction of sp³-hybridized carbons (Fsp3) is 0.294. The van der Waals surface area contributed by atoms with E-state index in [2.05, 4.69) is 23.5 Å². The van der Waals surface area contributed by atoms with Gasteiger partial charge in [-0.05, 0) is 66.6 Å². The normalized spacial score (nSPS) is 13.8. The summed E-state index contributed by atoms with van der Waals surface area (Å²) in [5.74, 6) is -0.159. The first-order chi connectivity index (χ1) is 9.22. The molecule has 1 nitrogen and oxygen atoms in total. The Kier molecular flexibility index (Phi) is 3.24. The zero-order valence-electron chi connectivity index (χ0n) is 11.2. The van der Waals surface area contributed by atoms with Crippen molar-refractivity contribution in [1.82, 2.24) is 0 Å². The minimum absolute atomic E-state index is 0.159. The van der Waals surface area contributed by atoms with Gasteiger partial charge in [-0.3, -0.25) is 0 Å². The van der Waals surface area contributed by atoms with Crippen LogP contribution < -0.4 is 5.32 Å². The smallest absolute Gasteiger partial charge is 0.123 e. The Morgan fingerprint density at radius 2 is 2.05 bits per heavy atom. The van der Waals surface area contributed by atoms with Crippen molar-refractivity contribution in [2.75, 3.05) is 11.9 Å². The Bertz CT molecular complexity index is 604. The molecule has 2 heteroatoms. The van der Waals surface area contributed by atoms with Gasteiger partial charge in [0.15, 0.2) is 0 Å². The third-order valence-electron chi connectivity index (χ3n) is 3.81. The molecule has 1 aliphatic rings. The molecule has 98 valence electrons. The van der Waals surface area contributed by atoms with Gasteiger partial charge in [-0.2, -0.15) is 0 Å². The summed E-state index contributed by atoms with van der Waals surface area (Å²) in [6.07, 6.45) is 3.24. The molecule has 2 aromatic rings. The van der Waals surface area contributed by atoms with E-state index < -0.39 is 0 Å². The van der Waals surface area contributed by atoms with Gasteiger partial charge in [0, 0.05) is 12.2 Å². The molecule has 0 aromatic heterocycles. The molecular formula is C17H18FN. The number of anilines is 1. The molecule has 0 bridgehead atoms. The van der Waals surface area contributed by atoms with Crippen LogP contribution in [0.2, 0.25) is 0 Å². The highest BCUT2D eigenvalue weighted by atomic mass is 19.1.